The van der Waals surface area contributed by atoms with E-state index in [-0.39, 0.29) is 11.5 Å². The van der Waals surface area contributed by atoms with E-state index < -0.39 is 17.6 Å². The van der Waals surface area contributed by atoms with Crippen molar-refractivity contribution in [1.82, 2.24) is 19.5 Å². The fourth-order valence-corrected chi connectivity index (χ4v) is 2.49. The molecule has 24 heavy (non-hydrogen) atoms. The highest BCUT2D eigenvalue weighted by molar-refractivity contribution is 5.79. The minimum absolute atomic E-state index is 0.0940. The van der Waals surface area contributed by atoms with E-state index in [1.807, 2.05) is 0 Å². The number of pyridine rings is 2. The highest BCUT2D eigenvalue weighted by Gasteiger charge is 2.33. The van der Waals surface area contributed by atoms with Gasteiger partial charge in [0.2, 0.25) is 0 Å². The van der Waals surface area contributed by atoms with Crippen LogP contribution in [0.15, 0.2) is 35.3 Å². The van der Waals surface area contributed by atoms with Crippen LogP contribution in [0.4, 0.5) is 13.2 Å². The average Bonchev–Trinajstić information content (AvgIpc) is 2.54. The van der Waals surface area contributed by atoms with Crippen molar-refractivity contribution in [2.45, 2.75) is 26.4 Å². The number of rotatable bonds is 2. The third-order valence-corrected chi connectivity index (χ3v) is 3.64. The molecule has 3 aromatic rings. The molecule has 0 spiro atoms. The molecule has 0 bridgehead atoms. The molecule has 0 saturated carbocycles. The topological polar surface area (TPSA) is 60.7 Å². The summed E-state index contributed by atoms with van der Waals surface area (Å²) in [5.41, 5.74) is -0.825. The number of aryl methyl sites for hydroxylation is 2. The number of fused-ring (bicyclic) bond motifs is 1. The summed E-state index contributed by atoms with van der Waals surface area (Å²) >= 11 is 0. The van der Waals surface area contributed by atoms with E-state index in [0.717, 1.165) is 10.6 Å². The summed E-state index contributed by atoms with van der Waals surface area (Å²) in [6.45, 7) is 3.48. The lowest BCUT2D eigenvalue weighted by atomic mass is 10.2. The second kappa shape index (κ2) is 5.70. The van der Waals surface area contributed by atoms with Gasteiger partial charge in [-0.2, -0.15) is 18.2 Å². The van der Waals surface area contributed by atoms with Crippen molar-refractivity contribution in [1.29, 1.82) is 0 Å². The molecule has 0 atom stereocenters. The maximum atomic E-state index is 13.0. The number of nitrogens with zero attached hydrogens (tertiary/aromatic N) is 4. The summed E-state index contributed by atoms with van der Waals surface area (Å²) in [4.78, 5) is 24.2. The van der Waals surface area contributed by atoms with Gasteiger partial charge in [-0.15, -0.1) is 0 Å². The Bertz CT molecular complexity index is 979. The molecular formula is C16H13F3N4O. The van der Waals surface area contributed by atoms with E-state index in [1.165, 1.54) is 12.3 Å². The van der Waals surface area contributed by atoms with Crippen LogP contribution in [0.1, 0.15) is 23.9 Å². The van der Waals surface area contributed by atoms with E-state index in [2.05, 4.69) is 15.0 Å². The number of alkyl halides is 3. The summed E-state index contributed by atoms with van der Waals surface area (Å²) in [6.07, 6.45) is -2.74. The van der Waals surface area contributed by atoms with Crippen LogP contribution in [-0.4, -0.2) is 19.5 Å². The van der Waals surface area contributed by atoms with Gasteiger partial charge in [-0.25, -0.2) is 19.3 Å². The molecule has 3 rings (SSSR count). The second-order valence-electron chi connectivity index (χ2n) is 5.24. The summed E-state index contributed by atoms with van der Waals surface area (Å²) in [7, 11) is 0. The Morgan fingerprint density at radius 2 is 1.92 bits per heavy atom. The first-order valence-electron chi connectivity index (χ1n) is 7.24. The lowest BCUT2D eigenvalue weighted by Gasteiger charge is -2.14. The van der Waals surface area contributed by atoms with Crippen LogP contribution >= 0.6 is 0 Å². The minimum atomic E-state index is -4.61. The van der Waals surface area contributed by atoms with Crippen LogP contribution < -0.4 is 5.69 Å². The molecule has 0 unspecified atom stereocenters. The summed E-state index contributed by atoms with van der Waals surface area (Å²) in [5, 5.41) is 0.398. The first-order chi connectivity index (χ1) is 11.3. The molecule has 0 amide bonds. The van der Waals surface area contributed by atoms with E-state index in [4.69, 9.17) is 0 Å². The molecule has 3 heterocycles. The molecular weight excluding hydrogens is 321 g/mol. The number of halogens is 3. The maximum Gasteiger partial charge on any atom is 0.433 e. The van der Waals surface area contributed by atoms with Crippen molar-refractivity contribution in [2.75, 3.05) is 0 Å². The zero-order valence-corrected chi connectivity index (χ0v) is 12.9. The van der Waals surface area contributed by atoms with Crippen molar-refractivity contribution in [3.63, 3.8) is 0 Å². The maximum absolute atomic E-state index is 13.0. The van der Waals surface area contributed by atoms with Crippen LogP contribution in [0.25, 0.3) is 16.9 Å². The van der Waals surface area contributed by atoms with E-state index in [0.29, 0.717) is 23.1 Å². The predicted molar refractivity (Wildman–Crippen MR) is 82.0 cm³/mol. The third kappa shape index (κ3) is 2.64. The quantitative estimate of drug-likeness (QED) is 0.723. The van der Waals surface area contributed by atoms with Gasteiger partial charge < -0.3 is 0 Å². The number of hydrogen-bond acceptors (Lipinski definition) is 4. The zero-order valence-electron chi connectivity index (χ0n) is 12.9. The second-order valence-corrected chi connectivity index (χ2v) is 5.24. The molecule has 0 fully saturated rings. The van der Waals surface area contributed by atoms with Crippen molar-refractivity contribution < 1.29 is 13.2 Å². The molecule has 8 heteroatoms. The van der Waals surface area contributed by atoms with Gasteiger partial charge in [-0.1, -0.05) is 13.0 Å². The first kappa shape index (κ1) is 16.1. The van der Waals surface area contributed by atoms with E-state index in [1.54, 1.807) is 26.0 Å². The highest BCUT2D eigenvalue weighted by atomic mass is 19.4. The molecule has 0 radical (unpaired) electrons. The van der Waals surface area contributed by atoms with Gasteiger partial charge in [-0.05, 0) is 37.1 Å². The largest absolute Gasteiger partial charge is 0.433 e. The molecule has 3 aromatic heterocycles. The van der Waals surface area contributed by atoms with E-state index >= 15 is 0 Å². The third-order valence-electron chi connectivity index (χ3n) is 3.64. The molecule has 0 aromatic carbocycles. The van der Waals surface area contributed by atoms with Crippen LogP contribution in [-0.2, 0) is 12.6 Å². The Morgan fingerprint density at radius 3 is 2.54 bits per heavy atom. The summed E-state index contributed by atoms with van der Waals surface area (Å²) < 4.78 is 40.1. The fourth-order valence-electron chi connectivity index (χ4n) is 2.49. The van der Waals surface area contributed by atoms with Gasteiger partial charge in [0, 0.05) is 11.6 Å². The molecule has 0 aliphatic rings. The van der Waals surface area contributed by atoms with Crippen molar-refractivity contribution >= 4 is 11.0 Å². The van der Waals surface area contributed by atoms with E-state index in [9.17, 15) is 18.0 Å². The molecule has 0 N–H and O–H groups in total. The summed E-state index contributed by atoms with van der Waals surface area (Å²) in [5.74, 6) is 0.217. The Morgan fingerprint density at radius 1 is 1.17 bits per heavy atom. The standard InChI is InChI=1S/C16H13F3N4O/c1-3-11-10-6-7-12(16(17,18)19)22-14(10)23(15(24)21-11)13-9(2)5-4-8-20-13/h4-8H,3H2,1-2H3. The SMILES string of the molecule is CCc1nc(=O)n(-c2ncccc2C)c2nc(C(F)(F)F)ccc12. The Balaban J connectivity index is 2.46. The van der Waals surface area contributed by atoms with Crippen molar-refractivity contribution in [3.8, 4) is 5.82 Å². The molecule has 0 aliphatic heterocycles. The number of aromatic nitrogens is 4. The lowest BCUT2D eigenvalue weighted by molar-refractivity contribution is -0.141. The van der Waals surface area contributed by atoms with Crippen molar-refractivity contribution in [2.24, 2.45) is 0 Å². The normalized spacial score (nSPS) is 11.9. The van der Waals surface area contributed by atoms with Gasteiger partial charge in [0.1, 0.15) is 11.5 Å². The first-order valence-corrected chi connectivity index (χ1v) is 7.24. The fraction of sp³-hybridized carbons (Fsp3) is 0.250. The smallest absolute Gasteiger partial charge is 0.245 e. The van der Waals surface area contributed by atoms with Gasteiger partial charge in [0.05, 0.1) is 5.69 Å². The molecule has 0 saturated heterocycles. The van der Waals surface area contributed by atoms with Gasteiger partial charge in [-0.3, -0.25) is 0 Å². The molecule has 5 nitrogen and oxygen atoms in total. The summed E-state index contributed by atoms with van der Waals surface area (Å²) in [6, 6.07) is 5.57. The van der Waals surface area contributed by atoms with Gasteiger partial charge in [0.25, 0.3) is 0 Å². The molecule has 124 valence electrons. The lowest BCUT2D eigenvalue weighted by Crippen LogP contribution is -2.26. The van der Waals surface area contributed by atoms with Gasteiger partial charge in [0.15, 0.2) is 5.65 Å². The van der Waals surface area contributed by atoms with Crippen LogP contribution in [0, 0.1) is 6.92 Å². The number of hydrogen-bond donors (Lipinski definition) is 0. The highest BCUT2D eigenvalue weighted by Crippen LogP contribution is 2.29. The molecule has 0 aliphatic carbocycles. The van der Waals surface area contributed by atoms with Crippen molar-refractivity contribution in [3.05, 3.63) is 57.9 Å². The Kier molecular flexibility index (Phi) is 3.82. The minimum Gasteiger partial charge on any atom is -0.245 e. The zero-order chi connectivity index (χ0) is 17.5. The van der Waals surface area contributed by atoms with Crippen LogP contribution in [0.5, 0.6) is 0 Å². The Labute approximate surface area is 134 Å². The predicted octanol–water partition coefficient (Wildman–Crippen LogP) is 3.07. The van der Waals surface area contributed by atoms with Crippen LogP contribution in [0.2, 0.25) is 0 Å². The Hall–Kier alpha value is -2.77. The monoisotopic (exact) mass is 334 g/mol. The van der Waals surface area contributed by atoms with Crippen LogP contribution in [0.3, 0.4) is 0 Å². The average molecular weight is 334 g/mol. The van der Waals surface area contributed by atoms with Gasteiger partial charge >= 0.3 is 11.9 Å².